The van der Waals surface area contributed by atoms with Crippen molar-refractivity contribution in [3.63, 3.8) is 0 Å². The van der Waals surface area contributed by atoms with E-state index in [4.69, 9.17) is 4.74 Å². The predicted octanol–water partition coefficient (Wildman–Crippen LogP) is 3.53. The van der Waals surface area contributed by atoms with Crippen LogP contribution in [0.25, 0.3) is 0 Å². The smallest absolute Gasteiger partial charge is 0.255 e. The van der Waals surface area contributed by atoms with Crippen molar-refractivity contribution in [1.82, 2.24) is 14.8 Å². The van der Waals surface area contributed by atoms with Crippen molar-refractivity contribution in [2.75, 3.05) is 33.3 Å². The van der Waals surface area contributed by atoms with Crippen LogP contribution in [0.15, 0.2) is 42.6 Å². The molecule has 1 amide bonds. The van der Waals surface area contributed by atoms with Gasteiger partial charge in [0.1, 0.15) is 5.75 Å². The number of nitrogens with zero attached hydrogens (tertiary/aromatic N) is 3. The van der Waals surface area contributed by atoms with Gasteiger partial charge in [-0.2, -0.15) is 0 Å². The van der Waals surface area contributed by atoms with E-state index in [0.29, 0.717) is 0 Å². The molecule has 5 nitrogen and oxygen atoms in total. The number of aryl methyl sites for hydroxylation is 1. The van der Waals surface area contributed by atoms with Crippen molar-refractivity contribution in [2.45, 2.75) is 32.7 Å². The Balaban J connectivity index is 1.42. The second-order valence-electron chi connectivity index (χ2n) is 8.28. The molecule has 148 valence electrons. The molecule has 4 rings (SSSR count). The third kappa shape index (κ3) is 3.90. The normalized spacial score (nSPS) is 22.6. The maximum atomic E-state index is 13.0. The van der Waals surface area contributed by atoms with Crippen molar-refractivity contribution in [2.24, 2.45) is 5.41 Å². The Hall–Kier alpha value is -2.40. The van der Waals surface area contributed by atoms with Crippen molar-refractivity contribution in [1.29, 1.82) is 0 Å². The SMILES string of the molecule is COc1cccc(CN2CCCC3(CCN(C(=O)c4cccnc4C)C3)C2)c1. The molecule has 1 aromatic carbocycles. The topological polar surface area (TPSA) is 45.7 Å². The van der Waals surface area contributed by atoms with Gasteiger partial charge in [0, 0.05) is 43.5 Å². The predicted molar refractivity (Wildman–Crippen MR) is 109 cm³/mol. The van der Waals surface area contributed by atoms with E-state index in [1.54, 1.807) is 13.3 Å². The summed E-state index contributed by atoms with van der Waals surface area (Å²) in [6, 6.07) is 12.1. The van der Waals surface area contributed by atoms with E-state index in [1.807, 2.05) is 30.0 Å². The summed E-state index contributed by atoms with van der Waals surface area (Å²) in [5, 5.41) is 0. The van der Waals surface area contributed by atoms with Gasteiger partial charge >= 0.3 is 0 Å². The second-order valence-corrected chi connectivity index (χ2v) is 8.28. The van der Waals surface area contributed by atoms with E-state index in [1.165, 1.54) is 18.4 Å². The van der Waals surface area contributed by atoms with Crippen molar-refractivity contribution in [3.8, 4) is 5.75 Å². The highest BCUT2D eigenvalue weighted by atomic mass is 16.5. The quantitative estimate of drug-likeness (QED) is 0.815. The van der Waals surface area contributed by atoms with Crippen LogP contribution in [-0.4, -0.2) is 54.0 Å². The van der Waals surface area contributed by atoms with E-state index in [-0.39, 0.29) is 11.3 Å². The van der Waals surface area contributed by atoms with Crippen LogP contribution >= 0.6 is 0 Å². The highest BCUT2D eigenvalue weighted by Gasteiger charge is 2.43. The molecule has 3 heterocycles. The third-order valence-electron chi connectivity index (χ3n) is 6.24. The largest absolute Gasteiger partial charge is 0.497 e. The lowest BCUT2D eigenvalue weighted by molar-refractivity contribution is 0.0674. The summed E-state index contributed by atoms with van der Waals surface area (Å²) in [5.74, 6) is 1.04. The summed E-state index contributed by atoms with van der Waals surface area (Å²) < 4.78 is 5.36. The molecular formula is C23H29N3O2. The first-order valence-electron chi connectivity index (χ1n) is 10.1. The number of rotatable bonds is 4. The number of likely N-dealkylation sites (tertiary alicyclic amines) is 2. The number of hydrogen-bond donors (Lipinski definition) is 0. The minimum absolute atomic E-state index is 0.132. The van der Waals surface area contributed by atoms with Crippen LogP contribution in [0.1, 0.15) is 40.9 Å². The molecular weight excluding hydrogens is 350 g/mol. The summed E-state index contributed by atoms with van der Waals surface area (Å²) in [7, 11) is 1.71. The molecule has 1 aromatic heterocycles. The number of aromatic nitrogens is 1. The van der Waals surface area contributed by atoms with Crippen LogP contribution in [0.3, 0.4) is 0 Å². The van der Waals surface area contributed by atoms with Gasteiger partial charge in [-0.1, -0.05) is 12.1 Å². The van der Waals surface area contributed by atoms with Crippen LogP contribution in [0.4, 0.5) is 0 Å². The Bertz CT molecular complexity index is 853. The van der Waals surface area contributed by atoms with Crippen LogP contribution in [0.2, 0.25) is 0 Å². The van der Waals surface area contributed by atoms with Crippen molar-refractivity contribution >= 4 is 5.91 Å². The zero-order valence-corrected chi connectivity index (χ0v) is 16.9. The van der Waals surface area contributed by atoms with Crippen LogP contribution in [0, 0.1) is 12.3 Å². The van der Waals surface area contributed by atoms with Gasteiger partial charge in [-0.05, 0) is 62.6 Å². The van der Waals surface area contributed by atoms with E-state index in [0.717, 1.165) is 56.2 Å². The van der Waals surface area contributed by atoms with Gasteiger partial charge in [0.05, 0.1) is 12.7 Å². The molecule has 0 N–H and O–H groups in total. The van der Waals surface area contributed by atoms with Gasteiger partial charge < -0.3 is 9.64 Å². The number of piperidine rings is 1. The molecule has 0 radical (unpaired) electrons. The molecule has 1 spiro atoms. The fourth-order valence-corrected chi connectivity index (χ4v) is 4.80. The Labute approximate surface area is 167 Å². The minimum atomic E-state index is 0.132. The lowest BCUT2D eigenvalue weighted by atomic mass is 9.79. The van der Waals surface area contributed by atoms with Gasteiger partial charge in [0.15, 0.2) is 0 Å². The molecule has 2 aromatic rings. The summed E-state index contributed by atoms with van der Waals surface area (Å²) >= 11 is 0. The maximum absolute atomic E-state index is 13.0. The fourth-order valence-electron chi connectivity index (χ4n) is 4.80. The minimum Gasteiger partial charge on any atom is -0.497 e. The number of hydrogen-bond acceptors (Lipinski definition) is 4. The molecule has 1 atom stereocenters. The van der Waals surface area contributed by atoms with Crippen LogP contribution < -0.4 is 4.74 Å². The first-order valence-corrected chi connectivity index (χ1v) is 10.1. The molecule has 2 aliphatic rings. The average Bonchev–Trinajstić information content (AvgIpc) is 3.11. The maximum Gasteiger partial charge on any atom is 0.255 e. The van der Waals surface area contributed by atoms with Gasteiger partial charge in [0.2, 0.25) is 0 Å². The lowest BCUT2D eigenvalue weighted by Gasteiger charge is -2.40. The summed E-state index contributed by atoms with van der Waals surface area (Å²) in [4.78, 5) is 21.9. The highest BCUT2D eigenvalue weighted by molar-refractivity contribution is 5.95. The average molecular weight is 380 g/mol. The molecule has 5 heteroatoms. The number of carbonyl (C=O) groups excluding carboxylic acids is 1. The standard InChI is InChI=1S/C23H29N3O2/c1-18-21(8-4-11-24-18)22(27)26-13-10-23(17-26)9-5-12-25(16-23)15-19-6-3-7-20(14-19)28-2/h3-4,6-8,11,14H,5,9-10,12-13,15-17H2,1-2H3. The van der Waals surface area contributed by atoms with Crippen LogP contribution in [0.5, 0.6) is 5.75 Å². The lowest BCUT2D eigenvalue weighted by Crippen LogP contribution is -2.45. The number of benzene rings is 1. The summed E-state index contributed by atoms with van der Waals surface area (Å²) in [5.41, 5.74) is 3.07. The van der Waals surface area contributed by atoms with E-state index in [2.05, 4.69) is 28.1 Å². The Morgan fingerprint density at radius 1 is 1.18 bits per heavy atom. The number of methoxy groups -OCH3 is 1. The first-order chi connectivity index (χ1) is 13.6. The van der Waals surface area contributed by atoms with Crippen molar-refractivity contribution in [3.05, 3.63) is 59.4 Å². The van der Waals surface area contributed by atoms with E-state index in [9.17, 15) is 4.79 Å². The first kappa shape index (κ1) is 18.9. The van der Waals surface area contributed by atoms with E-state index < -0.39 is 0 Å². The molecule has 2 fully saturated rings. The second kappa shape index (κ2) is 7.92. The van der Waals surface area contributed by atoms with Crippen LogP contribution in [-0.2, 0) is 6.54 Å². The van der Waals surface area contributed by atoms with Gasteiger partial charge in [-0.3, -0.25) is 14.7 Å². The number of ether oxygens (including phenoxy) is 1. The third-order valence-corrected chi connectivity index (χ3v) is 6.24. The molecule has 0 bridgehead atoms. The highest BCUT2D eigenvalue weighted by Crippen LogP contribution is 2.40. The number of pyridine rings is 1. The summed E-state index contributed by atoms with van der Waals surface area (Å²) in [6.45, 7) is 6.73. The van der Waals surface area contributed by atoms with E-state index >= 15 is 0 Å². The molecule has 0 aliphatic carbocycles. The molecule has 2 aliphatic heterocycles. The molecule has 28 heavy (non-hydrogen) atoms. The Kier molecular flexibility index (Phi) is 5.36. The molecule has 1 unspecified atom stereocenters. The van der Waals surface area contributed by atoms with Crippen molar-refractivity contribution < 1.29 is 9.53 Å². The molecule has 2 saturated heterocycles. The monoisotopic (exact) mass is 379 g/mol. The molecule has 0 saturated carbocycles. The number of carbonyl (C=O) groups is 1. The Morgan fingerprint density at radius 3 is 2.89 bits per heavy atom. The fraction of sp³-hybridized carbons (Fsp3) is 0.478. The summed E-state index contributed by atoms with van der Waals surface area (Å²) in [6.07, 6.45) is 5.23. The van der Waals surface area contributed by atoms with Gasteiger partial charge in [0.25, 0.3) is 5.91 Å². The van der Waals surface area contributed by atoms with Gasteiger partial charge in [-0.15, -0.1) is 0 Å². The zero-order valence-electron chi connectivity index (χ0n) is 16.9. The number of amides is 1. The van der Waals surface area contributed by atoms with Gasteiger partial charge in [-0.25, -0.2) is 0 Å². The zero-order chi connectivity index (χ0) is 19.6. The Morgan fingerprint density at radius 2 is 2.07 bits per heavy atom.